The molecule has 0 unspecified atom stereocenters. The number of hydrogen-bond acceptors (Lipinski definition) is 2. The second-order valence-electron chi connectivity index (χ2n) is 12.7. The van der Waals surface area contributed by atoms with E-state index in [4.69, 9.17) is 0 Å². The minimum absolute atomic E-state index is 0.512. The molecule has 0 saturated carbocycles. The van der Waals surface area contributed by atoms with Crippen LogP contribution in [0.2, 0.25) is 0 Å². The number of rotatable bonds is 8. The molecule has 2 nitrogen and oxygen atoms in total. The molecule has 1 aliphatic rings. The van der Waals surface area contributed by atoms with E-state index < -0.39 is 0 Å². The summed E-state index contributed by atoms with van der Waals surface area (Å²) in [5, 5.41) is 0. The van der Waals surface area contributed by atoms with Gasteiger partial charge in [0, 0.05) is 24.5 Å². The van der Waals surface area contributed by atoms with E-state index in [0.29, 0.717) is 35.5 Å². The van der Waals surface area contributed by atoms with Crippen molar-refractivity contribution in [3.05, 3.63) is 57.6 Å². The summed E-state index contributed by atoms with van der Waals surface area (Å²) in [6.07, 6.45) is 0. The van der Waals surface area contributed by atoms with Gasteiger partial charge in [0.1, 0.15) is 0 Å². The van der Waals surface area contributed by atoms with E-state index in [1.807, 2.05) is 0 Å². The molecule has 3 rings (SSSR count). The van der Waals surface area contributed by atoms with Crippen LogP contribution < -0.4 is 9.80 Å². The van der Waals surface area contributed by atoms with Gasteiger partial charge in [-0.3, -0.25) is 0 Å². The van der Waals surface area contributed by atoms with Crippen molar-refractivity contribution >= 4 is 11.4 Å². The first-order valence-electron chi connectivity index (χ1n) is 14.2. The van der Waals surface area contributed by atoms with Gasteiger partial charge >= 0.3 is 0 Å². The molecule has 194 valence electrons. The summed E-state index contributed by atoms with van der Waals surface area (Å²) in [5.41, 5.74) is 12.0. The summed E-state index contributed by atoms with van der Waals surface area (Å²) in [7, 11) is 0. The highest BCUT2D eigenvalue weighted by Gasteiger charge is 2.30. The highest BCUT2D eigenvalue weighted by molar-refractivity contribution is 5.69. The summed E-state index contributed by atoms with van der Waals surface area (Å²) in [6, 6.07) is 9.98. The zero-order valence-corrected chi connectivity index (χ0v) is 24.8. The van der Waals surface area contributed by atoms with Gasteiger partial charge < -0.3 is 9.80 Å². The molecule has 1 heterocycles. The van der Waals surface area contributed by atoms with Crippen molar-refractivity contribution in [2.75, 3.05) is 29.6 Å². The maximum absolute atomic E-state index is 2.68. The maximum atomic E-state index is 2.68. The van der Waals surface area contributed by atoms with Crippen LogP contribution in [0, 0.1) is 0 Å². The summed E-state index contributed by atoms with van der Waals surface area (Å²) in [6.45, 7) is 31.3. The third kappa shape index (κ3) is 5.73. The molecule has 35 heavy (non-hydrogen) atoms. The van der Waals surface area contributed by atoms with Crippen molar-refractivity contribution in [3.8, 4) is 0 Å². The van der Waals surface area contributed by atoms with E-state index in [2.05, 4.69) is 117 Å². The summed E-state index contributed by atoms with van der Waals surface area (Å²) >= 11 is 0. The second kappa shape index (κ2) is 11.0. The van der Waals surface area contributed by atoms with E-state index in [0.717, 1.165) is 19.8 Å². The Hall–Kier alpha value is -1.96. The fourth-order valence-corrected chi connectivity index (χ4v) is 5.52. The van der Waals surface area contributed by atoms with Crippen LogP contribution in [0.15, 0.2) is 24.3 Å². The van der Waals surface area contributed by atoms with Crippen molar-refractivity contribution < 1.29 is 0 Å². The van der Waals surface area contributed by atoms with Gasteiger partial charge in [0.15, 0.2) is 0 Å². The standard InChI is InChI=1S/C33H52N2/c1-20(2)26-15-28(22(5)6)32(29(16-26)23(7)8)34-13-14-35(19-34)33-30(24(9)10)17-27(21(3)4)18-31(33)25(11)12/h15-18,20-25H,13-14,19H2,1-12H3. The third-order valence-corrected chi connectivity index (χ3v) is 7.82. The van der Waals surface area contributed by atoms with Gasteiger partial charge in [0.25, 0.3) is 0 Å². The van der Waals surface area contributed by atoms with Gasteiger partial charge in [-0.25, -0.2) is 0 Å². The molecule has 2 aromatic carbocycles. The van der Waals surface area contributed by atoms with Crippen LogP contribution in [-0.4, -0.2) is 19.8 Å². The Morgan fingerprint density at radius 3 is 0.886 bits per heavy atom. The minimum atomic E-state index is 0.512. The molecule has 2 aromatic rings. The van der Waals surface area contributed by atoms with Crippen molar-refractivity contribution in [1.29, 1.82) is 0 Å². The summed E-state index contributed by atoms with van der Waals surface area (Å²) < 4.78 is 0. The highest BCUT2D eigenvalue weighted by atomic mass is 15.4. The molecule has 0 aromatic heterocycles. The molecule has 0 aliphatic carbocycles. The first kappa shape index (κ1) is 27.6. The van der Waals surface area contributed by atoms with Gasteiger partial charge in [0.2, 0.25) is 0 Å². The van der Waals surface area contributed by atoms with Crippen LogP contribution in [-0.2, 0) is 0 Å². The molecule has 0 N–H and O–H groups in total. The molecule has 0 radical (unpaired) electrons. The molecular formula is C33H52N2. The molecule has 0 spiro atoms. The SMILES string of the molecule is CC(C)c1cc(C(C)C)c(N2CCN(c3c(C(C)C)cc(C(C)C)cc3C(C)C)C2)c(C(C)C)c1. The molecule has 1 fully saturated rings. The minimum Gasteiger partial charge on any atom is -0.352 e. The van der Waals surface area contributed by atoms with Gasteiger partial charge in [-0.1, -0.05) is 107 Å². The van der Waals surface area contributed by atoms with E-state index in [9.17, 15) is 0 Å². The Balaban J connectivity index is 2.12. The predicted octanol–water partition coefficient (Wildman–Crippen LogP) is 9.71. The molecule has 0 amide bonds. The lowest BCUT2D eigenvalue weighted by atomic mass is 9.87. The van der Waals surface area contributed by atoms with Crippen LogP contribution >= 0.6 is 0 Å². The lowest BCUT2D eigenvalue weighted by molar-refractivity contribution is 0.779. The molecule has 0 bridgehead atoms. The zero-order chi connectivity index (χ0) is 26.2. The number of hydrogen-bond donors (Lipinski definition) is 0. The van der Waals surface area contributed by atoms with Gasteiger partial charge in [-0.2, -0.15) is 0 Å². The highest BCUT2D eigenvalue weighted by Crippen LogP contribution is 2.43. The van der Waals surface area contributed by atoms with Crippen molar-refractivity contribution in [1.82, 2.24) is 0 Å². The zero-order valence-electron chi connectivity index (χ0n) is 24.8. The second-order valence-corrected chi connectivity index (χ2v) is 12.7. The van der Waals surface area contributed by atoms with E-state index in [1.165, 1.54) is 44.8 Å². The first-order valence-corrected chi connectivity index (χ1v) is 14.2. The average molecular weight is 477 g/mol. The largest absolute Gasteiger partial charge is 0.352 e. The Bertz CT molecular complexity index is 870. The van der Waals surface area contributed by atoms with Gasteiger partial charge in [0.05, 0.1) is 6.67 Å². The smallest absolute Gasteiger partial charge is 0.0904 e. The third-order valence-electron chi connectivity index (χ3n) is 7.82. The van der Waals surface area contributed by atoms with Crippen molar-refractivity contribution in [2.24, 2.45) is 0 Å². The Labute approximate surface area is 217 Å². The summed E-state index contributed by atoms with van der Waals surface area (Å²) in [4.78, 5) is 5.36. The lowest BCUT2D eigenvalue weighted by Crippen LogP contribution is -2.29. The number of anilines is 2. The Morgan fingerprint density at radius 1 is 0.429 bits per heavy atom. The topological polar surface area (TPSA) is 6.48 Å². The Kier molecular flexibility index (Phi) is 8.66. The van der Waals surface area contributed by atoms with Crippen LogP contribution in [0.1, 0.15) is 152 Å². The monoisotopic (exact) mass is 476 g/mol. The molecular weight excluding hydrogens is 424 g/mol. The maximum Gasteiger partial charge on any atom is 0.0904 e. The van der Waals surface area contributed by atoms with Crippen molar-refractivity contribution in [2.45, 2.75) is 119 Å². The normalized spacial score (nSPS) is 14.8. The first-order chi connectivity index (χ1) is 16.3. The molecule has 0 atom stereocenters. The van der Waals surface area contributed by atoms with E-state index in [1.54, 1.807) is 0 Å². The van der Waals surface area contributed by atoms with Crippen LogP contribution in [0.5, 0.6) is 0 Å². The fraction of sp³-hybridized carbons (Fsp3) is 0.636. The summed E-state index contributed by atoms with van der Waals surface area (Å²) in [5.74, 6) is 3.15. The molecule has 1 aliphatic heterocycles. The average Bonchev–Trinajstić information content (AvgIpc) is 3.26. The van der Waals surface area contributed by atoms with Crippen LogP contribution in [0.3, 0.4) is 0 Å². The fourth-order valence-electron chi connectivity index (χ4n) is 5.52. The quantitative estimate of drug-likeness (QED) is 0.374. The Morgan fingerprint density at radius 2 is 0.686 bits per heavy atom. The molecule has 2 heteroatoms. The van der Waals surface area contributed by atoms with Crippen molar-refractivity contribution in [3.63, 3.8) is 0 Å². The number of nitrogens with zero attached hydrogens (tertiary/aromatic N) is 2. The van der Waals surface area contributed by atoms with E-state index in [-0.39, 0.29) is 0 Å². The lowest BCUT2D eigenvalue weighted by Gasteiger charge is -2.32. The van der Waals surface area contributed by atoms with Gasteiger partial charge in [-0.05, 0) is 68.9 Å². The van der Waals surface area contributed by atoms with Crippen LogP contribution in [0.25, 0.3) is 0 Å². The van der Waals surface area contributed by atoms with E-state index >= 15 is 0 Å². The number of benzene rings is 2. The van der Waals surface area contributed by atoms with Gasteiger partial charge in [-0.15, -0.1) is 0 Å². The predicted molar refractivity (Wildman–Crippen MR) is 157 cm³/mol. The van der Waals surface area contributed by atoms with Crippen LogP contribution in [0.4, 0.5) is 11.4 Å². The molecule has 1 saturated heterocycles.